The summed E-state index contributed by atoms with van der Waals surface area (Å²) in [5.74, 6) is 1.97. The van der Waals surface area contributed by atoms with Crippen molar-refractivity contribution in [2.24, 2.45) is 0 Å². The van der Waals surface area contributed by atoms with Crippen molar-refractivity contribution in [3.8, 4) is 11.6 Å². The Morgan fingerprint density at radius 2 is 1.94 bits per heavy atom. The molecule has 0 spiro atoms. The number of benzene rings is 1. The fourth-order valence-electron chi connectivity index (χ4n) is 1.35. The molecule has 5 nitrogen and oxygen atoms in total. The highest BCUT2D eigenvalue weighted by Crippen LogP contribution is 2.20. The molecule has 0 radical (unpaired) electrons. The van der Waals surface area contributed by atoms with Crippen LogP contribution in [0.3, 0.4) is 0 Å². The SMILES string of the molecule is COCc1nc(N)cc(Oc2ccccc2)n1. The van der Waals surface area contributed by atoms with E-state index in [1.807, 2.05) is 30.3 Å². The Morgan fingerprint density at radius 3 is 2.65 bits per heavy atom. The molecule has 2 N–H and O–H groups in total. The third kappa shape index (κ3) is 3.15. The van der Waals surface area contributed by atoms with Gasteiger partial charge in [-0.2, -0.15) is 4.98 Å². The number of hydrogen-bond acceptors (Lipinski definition) is 5. The molecule has 1 aromatic carbocycles. The number of nitrogens with two attached hydrogens (primary N) is 1. The van der Waals surface area contributed by atoms with Gasteiger partial charge in [0.2, 0.25) is 5.88 Å². The maximum atomic E-state index is 5.66. The van der Waals surface area contributed by atoms with Gasteiger partial charge in [-0.05, 0) is 12.1 Å². The molecule has 0 saturated heterocycles. The number of aromatic nitrogens is 2. The minimum absolute atomic E-state index is 0.302. The van der Waals surface area contributed by atoms with Crippen molar-refractivity contribution >= 4 is 5.82 Å². The smallest absolute Gasteiger partial charge is 0.224 e. The van der Waals surface area contributed by atoms with Crippen molar-refractivity contribution in [1.82, 2.24) is 9.97 Å². The molecule has 5 heteroatoms. The second-order valence-corrected chi connectivity index (χ2v) is 3.40. The van der Waals surface area contributed by atoms with E-state index < -0.39 is 0 Å². The van der Waals surface area contributed by atoms with Crippen molar-refractivity contribution in [2.45, 2.75) is 6.61 Å². The van der Waals surface area contributed by atoms with Gasteiger partial charge in [-0.1, -0.05) is 18.2 Å². The van der Waals surface area contributed by atoms with Gasteiger partial charge in [-0.15, -0.1) is 0 Å². The number of nitrogen functional groups attached to an aromatic ring is 1. The Labute approximate surface area is 99.2 Å². The van der Waals surface area contributed by atoms with E-state index in [9.17, 15) is 0 Å². The van der Waals surface area contributed by atoms with Crippen LogP contribution in [-0.2, 0) is 11.3 Å². The van der Waals surface area contributed by atoms with Crippen LogP contribution in [-0.4, -0.2) is 17.1 Å². The maximum Gasteiger partial charge on any atom is 0.224 e. The second-order valence-electron chi connectivity index (χ2n) is 3.40. The topological polar surface area (TPSA) is 70.3 Å². The summed E-state index contributed by atoms with van der Waals surface area (Å²) in [6.45, 7) is 0.302. The lowest BCUT2D eigenvalue weighted by Gasteiger charge is -2.06. The third-order valence-corrected chi connectivity index (χ3v) is 2.01. The average Bonchev–Trinajstić information content (AvgIpc) is 2.30. The summed E-state index contributed by atoms with van der Waals surface area (Å²) in [6, 6.07) is 10.9. The predicted molar refractivity (Wildman–Crippen MR) is 63.7 cm³/mol. The van der Waals surface area contributed by atoms with Gasteiger partial charge in [-0.3, -0.25) is 0 Å². The first kappa shape index (κ1) is 11.3. The molecule has 17 heavy (non-hydrogen) atoms. The molecule has 0 bridgehead atoms. The lowest BCUT2D eigenvalue weighted by molar-refractivity contribution is 0.177. The minimum atomic E-state index is 0.302. The largest absolute Gasteiger partial charge is 0.439 e. The van der Waals surface area contributed by atoms with Gasteiger partial charge in [0, 0.05) is 13.2 Å². The highest BCUT2D eigenvalue weighted by molar-refractivity contribution is 5.35. The van der Waals surface area contributed by atoms with Gasteiger partial charge < -0.3 is 15.2 Å². The third-order valence-electron chi connectivity index (χ3n) is 2.01. The summed E-state index contributed by atoms with van der Waals surface area (Å²) in [5, 5.41) is 0. The Bertz CT molecular complexity index is 488. The van der Waals surface area contributed by atoms with E-state index in [0.717, 1.165) is 0 Å². The van der Waals surface area contributed by atoms with Gasteiger partial charge >= 0.3 is 0 Å². The Balaban J connectivity index is 2.21. The van der Waals surface area contributed by atoms with Crippen LogP contribution in [0.15, 0.2) is 36.4 Å². The molecule has 2 rings (SSSR count). The van der Waals surface area contributed by atoms with Crippen LogP contribution in [0.2, 0.25) is 0 Å². The summed E-state index contributed by atoms with van der Waals surface area (Å²) < 4.78 is 10.5. The second kappa shape index (κ2) is 5.27. The van der Waals surface area contributed by atoms with E-state index in [0.29, 0.717) is 29.9 Å². The summed E-state index contributed by atoms with van der Waals surface area (Å²) in [4.78, 5) is 8.21. The van der Waals surface area contributed by atoms with Crippen molar-refractivity contribution < 1.29 is 9.47 Å². The molecule has 2 aromatic rings. The standard InChI is InChI=1S/C12H13N3O2/c1-16-8-11-14-10(13)7-12(15-11)17-9-5-3-2-4-6-9/h2-7H,8H2,1H3,(H2,13,14,15). The molecule has 0 fully saturated rings. The highest BCUT2D eigenvalue weighted by Gasteiger charge is 2.04. The van der Waals surface area contributed by atoms with Crippen LogP contribution in [0.4, 0.5) is 5.82 Å². The van der Waals surface area contributed by atoms with E-state index in [1.54, 1.807) is 13.2 Å². The normalized spacial score (nSPS) is 10.2. The van der Waals surface area contributed by atoms with Gasteiger partial charge in [0.1, 0.15) is 18.2 Å². The monoisotopic (exact) mass is 231 g/mol. The lowest BCUT2D eigenvalue weighted by atomic mass is 10.3. The van der Waals surface area contributed by atoms with Crippen LogP contribution < -0.4 is 10.5 Å². The average molecular weight is 231 g/mol. The van der Waals surface area contributed by atoms with Crippen LogP contribution in [0, 0.1) is 0 Å². The van der Waals surface area contributed by atoms with Crippen LogP contribution in [0.25, 0.3) is 0 Å². The molecular weight excluding hydrogens is 218 g/mol. The van der Waals surface area contributed by atoms with Gasteiger partial charge in [-0.25, -0.2) is 4.98 Å². The number of nitrogens with zero attached hydrogens (tertiary/aromatic N) is 2. The van der Waals surface area contributed by atoms with Crippen molar-refractivity contribution in [3.05, 3.63) is 42.2 Å². The Kier molecular flexibility index (Phi) is 3.52. The molecule has 1 aromatic heterocycles. The van der Waals surface area contributed by atoms with Crippen molar-refractivity contribution in [2.75, 3.05) is 12.8 Å². The summed E-state index contributed by atoms with van der Waals surface area (Å²) in [6.07, 6.45) is 0. The molecule has 0 aliphatic heterocycles. The molecule has 0 atom stereocenters. The van der Waals surface area contributed by atoms with Gasteiger partial charge in [0.05, 0.1) is 0 Å². The lowest BCUT2D eigenvalue weighted by Crippen LogP contribution is -2.02. The molecule has 0 saturated carbocycles. The first-order valence-corrected chi connectivity index (χ1v) is 5.13. The fourth-order valence-corrected chi connectivity index (χ4v) is 1.35. The zero-order chi connectivity index (χ0) is 12.1. The predicted octanol–water partition coefficient (Wildman–Crippen LogP) is 2.00. The van der Waals surface area contributed by atoms with E-state index in [-0.39, 0.29) is 0 Å². The molecule has 1 heterocycles. The number of hydrogen-bond donors (Lipinski definition) is 1. The highest BCUT2D eigenvalue weighted by atomic mass is 16.5. The first-order chi connectivity index (χ1) is 8.28. The van der Waals surface area contributed by atoms with E-state index in [2.05, 4.69) is 9.97 Å². The summed E-state index contributed by atoms with van der Waals surface area (Å²) >= 11 is 0. The van der Waals surface area contributed by atoms with Crippen LogP contribution in [0.5, 0.6) is 11.6 Å². The zero-order valence-corrected chi connectivity index (χ0v) is 9.46. The van der Waals surface area contributed by atoms with Crippen LogP contribution in [0.1, 0.15) is 5.82 Å². The van der Waals surface area contributed by atoms with Crippen molar-refractivity contribution in [1.29, 1.82) is 0 Å². The number of ether oxygens (including phenoxy) is 2. The molecule has 0 amide bonds. The summed E-state index contributed by atoms with van der Waals surface area (Å²) in [7, 11) is 1.57. The molecular formula is C12H13N3O2. The first-order valence-electron chi connectivity index (χ1n) is 5.13. The van der Waals surface area contributed by atoms with Gasteiger partial charge in [0.15, 0.2) is 5.82 Å². The molecule has 0 aliphatic carbocycles. The number of anilines is 1. The number of para-hydroxylation sites is 1. The maximum absolute atomic E-state index is 5.66. The molecule has 88 valence electrons. The molecule has 0 unspecified atom stereocenters. The minimum Gasteiger partial charge on any atom is -0.439 e. The quantitative estimate of drug-likeness (QED) is 0.871. The van der Waals surface area contributed by atoms with Crippen LogP contribution >= 0.6 is 0 Å². The zero-order valence-electron chi connectivity index (χ0n) is 9.46. The van der Waals surface area contributed by atoms with Crippen molar-refractivity contribution in [3.63, 3.8) is 0 Å². The van der Waals surface area contributed by atoms with E-state index in [4.69, 9.17) is 15.2 Å². The van der Waals surface area contributed by atoms with E-state index in [1.165, 1.54) is 0 Å². The Hall–Kier alpha value is -2.14. The van der Waals surface area contributed by atoms with Gasteiger partial charge in [0.25, 0.3) is 0 Å². The summed E-state index contributed by atoms with van der Waals surface area (Å²) in [5.41, 5.74) is 5.66. The Morgan fingerprint density at radius 1 is 1.18 bits per heavy atom. The number of methoxy groups -OCH3 is 1. The number of rotatable bonds is 4. The fraction of sp³-hybridized carbons (Fsp3) is 0.167. The molecule has 0 aliphatic rings. The van der Waals surface area contributed by atoms with E-state index >= 15 is 0 Å².